The second kappa shape index (κ2) is 5.15. The van der Waals surface area contributed by atoms with Crippen molar-refractivity contribution in [2.45, 2.75) is 0 Å². The highest BCUT2D eigenvalue weighted by molar-refractivity contribution is 9.10. The van der Waals surface area contributed by atoms with Crippen molar-refractivity contribution in [2.24, 2.45) is 0 Å². The summed E-state index contributed by atoms with van der Waals surface area (Å²) in [6.07, 6.45) is 0. The monoisotopic (exact) mass is 322 g/mol. The molecule has 0 N–H and O–H groups in total. The molecule has 0 aromatic heterocycles. The van der Waals surface area contributed by atoms with E-state index in [0.29, 0.717) is 11.1 Å². The van der Waals surface area contributed by atoms with Gasteiger partial charge in [-0.15, -0.1) is 0 Å². The molecule has 19 heavy (non-hydrogen) atoms. The summed E-state index contributed by atoms with van der Waals surface area (Å²) in [7, 11) is 0. The first kappa shape index (κ1) is 13.2. The third-order valence-corrected chi connectivity index (χ3v) is 3.03. The van der Waals surface area contributed by atoms with Gasteiger partial charge >= 0.3 is 0 Å². The summed E-state index contributed by atoms with van der Waals surface area (Å²) in [4.78, 5) is 20.3. The molecule has 0 saturated carbocycles. The summed E-state index contributed by atoms with van der Waals surface area (Å²) in [5, 5.41) is 21.6. The second-order valence-corrected chi connectivity index (χ2v) is 4.67. The number of hydrogen-bond acceptors (Lipinski definition) is 4. The van der Waals surface area contributed by atoms with E-state index in [1.165, 1.54) is 12.1 Å². The van der Waals surface area contributed by atoms with Gasteiger partial charge in [0.1, 0.15) is 0 Å². The van der Waals surface area contributed by atoms with Gasteiger partial charge < -0.3 is 0 Å². The quantitative estimate of drug-likeness (QED) is 0.632. The zero-order valence-corrected chi connectivity index (χ0v) is 11.0. The summed E-state index contributed by atoms with van der Waals surface area (Å²) in [6, 6.07) is 10.6. The number of nitrogens with zero attached hydrogens (tertiary/aromatic N) is 2. The molecular formula is C12H7BrN2O4. The van der Waals surface area contributed by atoms with Crippen molar-refractivity contribution >= 4 is 27.3 Å². The molecule has 0 aliphatic carbocycles. The Labute approximate surface area is 116 Å². The van der Waals surface area contributed by atoms with E-state index < -0.39 is 9.85 Å². The summed E-state index contributed by atoms with van der Waals surface area (Å²) in [5.41, 5.74) is 0.516. The lowest BCUT2D eigenvalue weighted by molar-refractivity contribution is -0.394. The predicted molar refractivity (Wildman–Crippen MR) is 72.9 cm³/mol. The topological polar surface area (TPSA) is 86.3 Å². The predicted octanol–water partition coefficient (Wildman–Crippen LogP) is 3.93. The zero-order chi connectivity index (χ0) is 14.0. The van der Waals surface area contributed by atoms with E-state index in [1.807, 2.05) is 0 Å². The van der Waals surface area contributed by atoms with Crippen LogP contribution in [0.5, 0.6) is 0 Å². The lowest BCUT2D eigenvalue weighted by atomic mass is 10.0. The average molecular weight is 323 g/mol. The molecule has 7 heteroatoms. The van der Waals surface area contributed by atoms with Gasteiger partial charge in [-0.1, -0.05) is 28.1 Å². The van der Waals surface area contributed by atoms with Crippen LogP contribution in [-0.4, -0.2) is 9.85 Å². The molecule has 2 aromatic rings. The van der Waals surface area contributed by atoms with E-state index in [0.717, 1.165) is 10.5 Å². The fraction of sp³-hybridized carbons (Fsp3) is 0. The molecule has 0 bridgehead atoms. The average Bonchev–Trinajstić information content (AvgIpc) is 2.39. The first-order chi connectivity index (χ1) is 8.97. The van der Waals surface area contributed by atoms with Crippen molar-refractivity contribution in [3.63, 3.8) is 0 Å². The van der Waals surface area contributed by atoms with Crippen LogP contribution >= 0.6 is 15.9 Å². The highest BCUT2D eigenvalue weighted by Gasteiger charge is 2.16. The Morgan fingerprint density at radius 1 is 0.789 bits per heavy atom. The Kier molecular flexibility index (Phi) is 3.57. The van der Waals surface area contributed by atoms with Gasteiger partial charge in [0, 0.05) is 16.6 Å². The standard InChI is InChI=1S/C12H7BrN2O4/c13-10-3-1-8(2-4-10)9-5-11(14(16)17)7-12(6-9)15(18)19/h1-7H. The number of benzene rings is 2. The molecule has 0 heterocycles. The normalized spacial score (nSPS) is 10.2. The highest BCUT2D eigenvalue weighted by atomic mass is 79.9. The molecule has 96 valence electrons. The van der Waals surface area contributed by atoms with Crippen molar-refractivity contribution in [1.82, 2.24) is 0 Å². The van der Waals surface area contributed by atoms with Crippen LogP contribution < -0.4 is 0 Å². The van der Waals surface area contributed by atoms with Crippen molar-refractivity contribution in [2.75, 3.05) is 0 Å². The van der Waals surface area contributed by atoms with E-state index >= 15 is 0 Å². The van der Waals surface area contributed by atoms with Crippen LogP contribution in [0, 0.1) is 20.2 Å². The Hall–Kier alpha value is -2.28. The first-order valence-electron chi connectivity index (χ1n) is 5.17. The maximum atomic E-state index is 10.8. The lowest BCUT2D eigenvalue weighted by Gasteiger charge is -2.02. The van der Waals surface area contributed by atoms with Gasteiger partial charge in [0.05, 0.1) is 15.9 Å². The van der Waals surface area contributed by atoms with E-state index in [4.69, 9.17) is 0 Å². The summed E-state index contributed by atoms with van der Waals surface area (Å²) in [5.74, 6) is 0. The molecule has 0 spiro atoms. The lowest BCUT2D eigenvalue weighted by Crippen LogP contribution is -1.93. The van der Waals surface area contributed by atoms with Crippen molar-refractivity contribution < 1.29 is 9.85 Å². The molecule has 0 radical (unpaired) electrons. The van der Waals surface area contributed by atoms with Crippen molar-refractivity contribution in [3.8, 4) is 11.1 Å². The number of nitro groups is 2. The smallest absolute Gasteiger partial charge is 0.258 e. The largest absolute Gasteiger partial charge is 0.276 e. The maximum Gasteiger partial charge on any atom is 0.276 e. The van der Waals surface area contributed by atoms with Gasteiger partial charge in [-0.05, 0) is 23.3 Å². The second-order valence-electron chi connectivity index (χ2n) is 3.76. The molecular weight excluding hydrogens is 316 g/mol. The van der Waals surface area contributed by atoms with Gasteiger partial charge in [0.2, 0.25) is 0 Å². The Bertz CT molecular complexity index is 623. The fourth-order valence-corrected chi connectivity index (χ4v) is 1.88. The van der Waals surface area contributed by atoms with Crippen LogP contribution in [0.2, 0.25) is 0 Å². The number of nitro benzene ring substituents is 2. The molecule has 0 saturated heterocycles. The van der Waals surface area contributed by atoms with Gasteiger partial charge in [0.25, 0.3) is 11.4 Å². The van der Waals surface area contributed by atoms with Gasteiger partial charge in [-0.3, -0.25) is 20.2 Å². The molecule has 0 aliphatic rings. The Balaban J connectivity index is 2.59. The third-order valence-electron chi connectivity index (χ3n) is 2.50. The van der Waals surface area contributed by atoms with Crippen molar-refractivity contribution in [3.05, 3.63) is 67.2 Å². The van der Waals surface area contributed by atoms with Crippen LogP contribution in [0.1, 0.15) is 0 Å². The SMILES string of the molecule is O=[N+]([O-])c1cc(-c2ccc(Br)cc2)cc([N+](=O)[O-])c1. The van der Waals surface area contributed by atoms with Crippen LogP contribution in [-0.2, 0) is 0 Å². The van der Waals surface area contributed by atoms with E-state index in [9.17, 15) is 20.2 Å². The van der Waals surface area contributed by atoms with Gasteiger partial charge in [-0.25, -0.2) is 0 Å². The summed E-state index contributed by atoms with van der Waals surface area (Å²) < 4.78 is 0.858. The van der Waals surface area contributed by atoms with Crippen LogP contribution in [0.25, 0.3) is 11.1 Å². The molecule has 6 nitrogen and oxygen atoms in total. The molecule has 0 atom stereocenters. The number of rotatable bonds is 3. The van der Waals surface area contributed by atoms with E-state index in [2.05, 4.69) is 15.9 Å². The Morgan fingerprint density at radius 3 is 1.68 bits per heavy atom. The first-order valence-corrected chi connectivity index (χ1v) is 5.96. The molecule has 0 amide bonds. The minimum Gasteiger partial charge on any atom is -0.258 e. The molecule has 2 rings (SSSR count). The molecule has 2 aromatic carbocycles. The van der Waals surface area contributed by atoms with Crippen molar-refractivity contribution in [1.29, 1.82) is 0 Å². The van der Waals surface area contributed by atoms with Crippen LogP contribution in [0.15, 0.2) is 46.9 Å². The van der Waals surface area contributed by atoms with E-state index in [1.54, 1.807) is 24.3 Å². The van der Waals surface area contributed by atoms with Gasteiger partial charge in [-0.2, -0.15) is 0 Å². The molecule has 0 fully saturated rings. The highest BCUT2D eigenvalue weighted by Crippen LogP contribution is 2.30. The summed E-state index contributed by atoms with van der Waals surface area (Å²) in [6.45, 7) is 0. The zero-order valence-electron chi connectivity index (χ0n) is 9.45. The minimum absolute atomic E-state index is 0.299. The number of hydrogen-bond donors (Lipinski definition) is 0. The van der Waals surface area contributed by atoms with Crippen LogP contribution in [0.3, 0.4) is 0 Å². The number of halogens is 1. The van der Waals surface area contributed by atoms with Gasteiger partial charge in [0.15, 0.2) is 0 Å². The Morgan fingerprint density at radius 2 is 1.26 bits per heavy atom. The minimum atomic E-state index is -0.643. The molecule has 0 unspecified atom stereocenters. The number of non-ortho nitro benzene ring substituents is 2. The fourth-order valence-electron chi connectivity index (χ4n) is 1.61. The van der Waals surface area contributed by atoms with Crippen LogP contribution in [0.4, 0.5) is 11.4 Å². The summed E-state index contributed by atoms with van der Waals surface area (Å²) >= 11 is 3.28. The maximum absolute atomic E-state index is 10.8. The van der Waals surface area contributed by atoms with E-state index in [-0.39, 0.29) is 11.4 Å². The molecule has 0 aliphatic heterocycles. The third kappa shape index (κ3) is 2.94.